The lowest BCUT2D eigenvalue weighted by Crippen LogP contribution is -1.99. The number of nitriles is 1. The third kappa shape index (κ3) is 3.59. The van der Waals surface area contributed by atoms with Gasteiger partial charge in [0.05, 0.1) is 22.5 Å². The molecule has 0 saturated heterocycles. The molecule has 1 N–H and O–H groups in total. The average Bonchev–Trinajstić information content (AvgIpc) is 2.42. The predicted octanol–water partition coefficient (Wildman–Crippen LogP) is 3.74. The molecule has 0 aliphatic heterocycles. The summed E-state index contributed by atoms with van der Waals surface area (Å²) in [6.45, 7) is 0. The SMILES string of the molecule is N#Cc1ccc(Oc2ccc(CC(=O)O)cc2)c(Br)c1. The van der Waals surface area contributed by atoms with Crippen LogP contribution in [-0.4, -0.2) is 11.1 Å². The third-order valence-electron chi connectivity index (χ3n) is 2.57. The number of hydrogen-bond donors (Lipinski definition) is 1. The zero-order valence-electron chi connectivity index (χ0n) is 10.3. The largest absolute Gasteiger partial charge is 0.481 e. The Labute approximate surface area is 124 Å². The van der Waals surface area contributed by atoms with E-state index in [2.05, 4.69) is 15.9 Å². The summed E-state index contributed by atoms with van der Waals surface area (Å²) in [5.41, 5.74) is 1.25. The zero-order chi connectivity index (χ0) is 14.5. The van der Waals surface area contributed by atoms with Crippen LogP contribution in [0.4, 0.5) is 0 Å². The maximum absolute atomic E-state index is 10.6. The van der Waals surface area contributed by atoms with Gasteiger partial charge in [0.2, 0.25) is 0 Å². The normalized spacial score (nSPS) is 9.80. The molecule has 0 aromatic heterocycles. The highest BCUT2D eigenvalue weighted by Crippen LogP contribution is 2.30. The number of ether oxygens (including phenoxy) is 1. The van der Waals surface area contributed by atoms with Gasteiger partial charge >= 0.3 is 5.97 Å². The standard InChI is InChI=1S/C15H10BrNO3/c16-13-7-11(9-17)3-6-14(13)20-12-4-1-10(2-5-12)8-15(18)19/h1-7H,8H2,(H,18,19). The van der Waals surface area contributed by atoms with E-state index >= 15 is 0 Å². The van der Waals surface area contributed by atoms with Gasteiger partial charge in [0.1, 0.15) is 11.5 Å². The molecule has 0 saturated carbocycles. The monoisotopic (exact) mass is 331 g/mol. The molecule has 2 rings (SSSR count). The fourth-order valence-corrected chi connectivity index (χ4v) is 2.09. The summed E-state index contributed by atoms with van der Waals surface area (Å²) < 4.78 is 6.35. The van der Waals surface area contributed by atoms with Gasteiger partial charge in [0.15, 0.2) is 0 Å². The second-order valence-corrected chi connectivity index (χ2v) is 4.93. The first-order chi connectivity index (χ1) is 9.58. The van der Waals surface area contributed by atoms with E-state index in [1.54, 1.807) is 42.5 Å². The lowest BCUT2D eigenvalue weighted by molar-refractivity contribution is -0.136. The molecule has 5 heteroatoms. The Bertz CT molecular complexity index is 675. The van der Waals surface area contributed by atoms with E-state index in [1.807, 2.05) is 6.07 Å². The van der Waals surface area contributed by atoms with Crippen LogP contribution in [0.5, 0.6) is 11.5 Å². The van der Waals surface area contributed by atoms with Crippen molar-refractivity contribution in [3.63, 3.8) is 0 Å². The summed E-state index contributed by atoms with van der Waals surface area (Å²) in [5, 5.41) is 17.5. The van der Waals surface area contributed by atoms with Crippen LogP contribution in [0.3, 0.4) is 0 Å². The molecule has 2 aromatic rings. The Morgan fingerprint density at radius 1 is 1.25 bits per heavy atom. The van der Waals surface area contributed by atoms with E-state index < -0.39 is 5.97 Å². The maximum Gasteiger partial charge on any atom is 0.307 e. The number of carboxylic acid groups (broad SMARTS) is 1. The van der Waals surface area contributed by atoms with Crippen LogP contribution in [0.1, 0.15) is 11.1 Å². The minimum Gasteiger partial charge on any atom is -0.481 e. The molecular formula is C15H10BrNO3. The van der Waals surface area contributed by atoms with Gasteiger partial charge in [-0.3, -0.25) is 4.79 Å². The van der Waals surface area contributed by atoms with Gasteiger partial charge in [-0.25, -0.2) is 0 Å². The lowest BCUT2D eigenvalue weighted by atomic mass is 10.1. The van der Waals surface area contributed by atoms with E-state index in [1.165, 1.54) is 0 Å². The Kier molecular flexibility index (Phi) is 4.38. The first kappa shape index (κ1) is 14.1. The molecule has 0 unspecified atom stereocenters. The Morgan fingerprint density at radius 2 is 1.95 bits per heavy atom. The Hall–Kier alpha value is -2.32. The highest BCUT2D eigenvalue weighted by atomic mass is 79.9. The molecule has 0 radical (unpaired) electrons. The Balaban J connectivity index is 2.14. The summed E-state index contributed by atoms with van der Waals surface area (Å²) in [5.74, 6) is 0.327. The molecule has 0 heterocycles. The first-order valence-electron chi connectivity index (χ1n) is 5.77. The van der Waals surface area contributed by atoms with Crippen molar-refractivity contribution in [2.24, 2.45) is 0 Å². The van der Waals surface area contributed by atoms with E-state index in [0.717, 1.165) is 0 Å². The molecular weight excluding hydrogens is 322 g/mol. The highest BCUT2D eigenvalue weighted by molar-refractivity contribution is 9.10. The van der Waals surface area contributed by atoms with Crippen molar-refractivity contribution < 1.29 is 14.6 Å². The van der Waals surface area contributed by atoms with Crippen LogP contribution < -0.4 is 4.74 Å². The van der Waals surface area contributed by atoms with Crippen LogP contribution in [0.25, 0.3) is 0 Å². The minimum atomic E-state index is -0.867. The molecule has 0 aliphatic rings. The lowest BCUT2D eigenvalue weighted by Gasteiger charge is -2.08. The van der Waals surface area contributed by atoms with E-state index in [4.69, 9.17) is 15.1 Å². The number of rotatable bonds is 4. The second kappa shape index (κ2) is 6.22. The van der Waals surface area contributed by atoms with Crippen molar-refractivity contribution in [1.29, 1.82) is 5.26 Å². The predicted molar refractivity (Wildman–Crippen MR) is 76.7 cm³/mol. The average molecular weight is 332 g/mol. The number of carboxylic acids is 1. The summed E-state index contributed by atoms with van der Waals surface area (Å²) in [7, 11) is 0. The number of aliphatic carboxylic acids is 1. The first-order valence-corrected chi connectivity index (χ1v) is 6.56. The zero-order valence-corrected chi connectivity index (χ0v) is 11.9. The molecule has 20 heavy (non-hydrogen) atoms. The molecule has 0 amide bonds. The van der Waals surface area contributed by atoms with Crippen molar-refractivity contribution >= 4 is 21.9 Å². The number of carbonyl (C=O) groups is 1. The van der Waals surface area contributed by atoms with Crippen LogP contribution in [0.2, 0.25) is 0 Å². The van der Waals surface area contributed by atoms with Crippen molar-refractivity contribution in [2.45, 2.75) is 6.42 Å². The smallest absolute Gasteiger partial charge is 0.307 e. The third-order valence-corrected chi connectivity index (χ3v) is 3.19. The van der Waals surface area contributed by atoms with Gasteiger partial charge in [-0.1, -0.05) is 12.1 Å². The van der Waals surface area contributed by atoms with Gasteiger partial charge in [-0.15, -0.1) is 0 Å². The summed E-state index contributed by atoms with van der Waals surface area (Å²) in [6, 6.07) is 13.9. The molecule has 100 valence electrons. The number of hydrogen-bond acceptors (Lipinski definition) is 3. The van der Waals surface area contributed by atoms with E-state index in [0.29, 0.717) is 27.1 Å². The topological polar surface area (TPSA) is 70.3 Å². The molecule has 0 aliphatic carbocycles. The van der Waals surface area contributed by atoms with E-state index in [9.17, 15) is 4.79 Å². The molecule has 4 nitrogen and oxygen atoms in total. The molecule has 0 spiro atoms. The molecule has 2 aromatic carbocycles. The molecule has 0 bridgehead atoms. The maximum atomic E-state index is 10.6. The van der Waals surface area contributed by atoms with Crippen LogP contribution in [0, 0.1) is 11.3 Å². The number of nitrogens with zero attached hydrogens (tertiary/aromatic N) is 1. The summed E-state index contributed by atoms with van der Waals surface area (Å²) >= 11 is 3.34. The quantitative estimate of drug-likeness (QED) is 0.926. The van der Waals surface area contributed by atoms with Crippen molar-refractivity contribution in [2.75, 3.05) is 0 Å². The van der Waals surface area contributed by atoms with E-state index in [-0.39, 0.29) is 6.42 Å². The summed E-state index contributed by atoms with van der Waals surface area (Å²) in [4.78, 5) is 10.6. The van der Waals surface area contributed by atoms with Gasteiger partial charge < -0.3 is 9.84 Å². The fraction of sp³-hybridized carbons (Fsp3) is 0.0667. The van der Waals surface area contributed by atoms with Crippen LogP contribution in [0.15, 0.2) is 46.9 Å². The van der Waals surface area contributed by atoms with Crippen molar-refractivity contribution in [3.8, 4) is 17.6 Å². The highest BCUT2D eigenvalue weighted by Gasteiger charge is 2.05. The van der Waals surface area contributed by atoms with Gasteiger partial charge in [-0.05, 0) is 51.8 Å². The minimum absolute atomic E-state index is 0.0131. The Morgan fingerprint density at radius 3 is 2.50 bits per heavy atom. The number of halogens is 1. The fourth-order valence-electron chi connectivity index (χ4n) is 1.63. The second-order valence-electron chi connectivity index (χ2n) is 4.07. The molecule has 0 fully saturated rings. The van der Waals surface area contributed by atoms with Crippen molar-refractivity contribution in [1.82, 2.24) is 0 Å². The van der Waals surface area contributed by atoms with Crippen molar-refractivity contribution in [3.05, 3.63) is 58.1 Å². The molecule has 0 atom stereocenters. The van der Waals surface area contributed by atoms with Gasteiger partial charge in [0, 0.05) is 0 Å². The number of benzene rings is 2. The van der Waals surface area contributed by atoms with Gasteiger partial charge in [0.25, 0.3) is 0 Å². The van der Waals surface area contributed by atoms with Gasteiger partial charge in [-0.2, -0.15) is 5.26 Å². The van der Waals surface area contributed by atoms with Crippen LogP contribution in [-0.2, 0) is 11.2 Å². The van der Waals surface area contributed by atoms with Crippen LogP contribution >= 0.6 is 15.9 Å². The summed E-state index contributed by atoms with van der Waals surface area (Å²) in [6.07, 6.45) is -0.0131.